The molecule has 0 aliphatic rings. The van der Waals surface area contributed by atoms with Gasteiger partial charge in [0.15, 0.2) is 0 Å². The Kier molecular flexibility index (Phi) is 6.76. The van der Waals surface area contributed by atoms with Crippen LogP contribution in [0.4, 0.5) is 0 Å². The van der Waals surface area contributed by atoms with Gasteiger partial charge in [-0.3, -0.25) is 0 Å². The third kappa shape index (κ3) is 5.45. The number of nitrogens with zero attached hydrogens (tertiary/aromatic N) is 1. The lowest BCUT2D eigenvalue weighted by atomic mass is 9.87. The van der Waals surface area contributed by atoms with Crippen LogP contribution in [0.5, 0.6) is 0 Å². The second-order valence-electron chi connectivity index (χ2n) is 9.80. The molecule has 1 N–H and O–H groups in total. The van der Waals surface area contributed by atoms with Crippen LogP contribution in [0.1, 0.15) is 77.5 Å². The van der Waals surface area contributed by atoms with Crippen molar-refractivity contribution in [2.45, 2.75) is 85.1 Å². The molecule has 2 aromatic heterocycles. The van der Waals surface area contributed by atoms with E-state index in [1.165, 1.54) is 29.1 Å². The van der Waals surface area contributed by atoms with E-state index in [4.69, 9.17) is 0 Å². The molecule has 0 aromatic carbocycles. The third-order valence-electron chi connectivity index (χ3n) is 5.15. The number of nitrogens with one attached hydrogen (secondary N) is 1. The molecule has 0 fully saturated rings. The van der Waals surface area contributed by atoms with Crippen molar-refractivity contribution in [3.05, 3.63) is 47.0 Å². The maximum atomic E-state index is 4.41. The van der Waals surface area contributed by atoms with Gasteiger partial charge < -0.3 is 9.55 Å². The van der Waals surface area contributed by atoms with Crippen molar-refractivity contribution in [2.75, 3.05) is 5.75 Å². The maximum Gasteiger partial charge on any atom is 0.0328 e. The Balaban J connectivity index is 2.23. The van der Waals surface area contributed by atoms with E-state index in [0.29, 0.717) is 0 Å². The van der Waals surface area contributed by atoms with Crippen LogP contribution in [0.25, 0.3) is 0 Å². The highest BCUT2D eigenvalue weighted by Crippen LogP contribution is 2.31. The van der Waals surface area contributed by atoms with Crippen LogP contribution >= 0.6 is 12.6 Å². The summed E-state index contributed by atoms with van der Waals surface area (Å²) in [6.07, 6.45) is 5.73. The predicted octanol–water partition coefficient (Wildman–Crippen LogP) is 6.15. The Labute approximate surface area is 166 Å². The highest BCUT2D eigenvalue weighted by molar-refractivity contribution is 7.80. The van der Waals surface area contributed by atoms with Crippen molar-refractivity contribution < 1.29 is 0 Å². The standard InChI is InChI=1S/C23H38N2S/c1-17(2)8-9-19-10-11-20(24-19)23(6,7)16-25-15-18(12-13-26)14-21(25)22(3,4)5/h10-11,14-15,17,24,26H,8-9,12-13,16H2,1-7H3. The van der Waals surface area contributed by atoms with Crippen LogP contribution in [0, 0.1) is 5.92 Å². The van der Waals surface area contributed by atoms with Crippen LogP contribution in [-0.4, -0.2) is 15.3 Å². The fraction of sp³-hybridized carbons (Fsp3) is 0.652. The Morgan fingerprint density at radius 1 is 1.08 bits per heavy atom. The fourth-order valence-corrected chi connectivity index (χ4v) is 3.80. The van der Waals surface area contributed by atoms with Gasteiger partial charge in [0.25, 0.3) is 0 Å². The Morgan fingerprint density at radius 3 is 2.35 bits per heavy atom. The van der Waals surface area contributed by atoms with Crippen LogP contribution in [0.3, 0.4) is 0 Å². The average Bonchev–Trinajstić information content (AvgIpc) is 3.12. The summed E-state index contributed by atoms with van der Waals surface area (Å²) >= 11 is 4.41. The molecule has 0 aliphatic carbocycles. The third-order valence-corrected chi connectivity index (χ3v) is 5.38. The van der Waals surface area contributed by atoms with Gasteiger partial charge in [0.05, 0.1) is 0 Å². The van der Waals surface area contributed by atoms with Gasteiger partial charge in [-0.05, 0) is 54.7 Å². The van der Waals surface area contributed by atoms with Crippen molar-refractivity contribution in [3.8, 4) is 0 Å². The highest BCUT2D eigenvalue weighted by Gasteiger charge is 2.27. The summed E-state index contributed by atoms with van der Waals surface area (Å²) < 4.78 is 2.47. The van der Waals surface area contributed by atoms with E-state index in [-0.39, 0.29) is 10.8 Å². The molecule has 0 amide bonds. The van der Waals surface area contributed by atoms with Crippen molar-refractivity contribution in [3.63, 3.8) is 0 Å². The first-order chi connectivity index (χ1) is 12.0. The van der Waals surface area contributed by atoms with Gasteiger partial charge in [0.2, 0.25) is 0 Å². The number of hydrogen-bond donors (Lipinski definition) is 2. The molecule has 2 rings (SSSR count). The number of aromatic nitrogens is 2. The molecule has 2 aromatic rings. The molecular formula is C23H38N2S. The molecule has 2 heterocycles. The Hall–Kier alpha value is -1.09. The first-order valence-corrected chi connectivity index (χ1v) is 10.6. The van der Waals surface area contributed by atoms with Gasteiger partial charge in [-0.2, -0.15) is 12.6 Å². The van der Waals surface area contributed by atoms with Crippen molar-refractivity contribution >= 4 is 12.6 Å². The van der Waals surface area contributed by atoms with E-state index in [0.717, 1.165) is 31.1 Å². The minimum Gasteiger partial charge on any atom is -0.362 e. The second kappa shape index (κ2) is 8.29. The van der Waals surface area contributed by atoms with Gasteiger partial charge in [0, 0.05) is 40.7 Å². The number of aryl methyl sites for hydroxylation is 2. The average molecular weight is 375 g/mol. The molecule has 0 radical (unpaired) electrons. The van der Waals surface area contributed by atoms with Crippen LogP contribution in [-0.2, 0) is 30.2 Å². The van der Waals surface area contributed by atoms with Gasteiger partial charge in [0.1, 0.15) is 0 Å². The normalized spacial score (nSPS) is 13.0. The minimum atomic E-state index is 0.0628. The predicted molar refractivity (Wildman–Crippen MR) is 118 cm³/mol. The summed E-state index contributed by atoms with van der Waals surface area (Å²) in [6, 6.07) is 6.92. The zero-order valence-corrected chi connectivity index (χ0v) is 18.7. The molecule has 3 heteroatoms. The smallest absolute Gasteiger partial charge is 0.0328 e. The molecule has 0 bridgehead atoms. The van der Waals surface area contributed by atoms with E-state index in [2.05, 4.69) is 95.0 Å². The first kappa shape index (κ1) is 21.2. The molecule has 0 aliphatic heterocycles. The number of H-pyrrole nitrogens is 1. The molecular weight excluding hydrogens is 336 g/mol. The molecule has 0 unspecified atom stereocenters. The lowest BCUT2D eigenvalue weighted by Crippen LogP contribution is -2.28. The van der Waals surface area contributed by atoms with Crippen LogP contribution in [0.2, 0.25) is 0 Å². The van der Waals surface area contributed by atoms with Crippen LogP contribution in [0.15, 0.2) is 24.4 Å². The molecule has 0 saturated heterocycles. The largest absolute Gasteiger partial charge is 0.362 e. The summed E-state index contributed by atoms with van der Waals surface area (Å²) in [6.45, 7) is 17.1. The van der Waals surface area contributed by atoms with E-state index in [1.54, 1.807) is 0 Å². The van der Waals surface area contributed by atoms with E-state index in [9.17, 15) is 0 Å². The molecule has 2 nitrogen and oxygen atoms in total. The van der Waals surface area contributed by atoms with Gasteiger partial charge in [-0.25, -0.2) is 0 Å². The summed E-state index contributed by atoms with van der Waals surface area (Å²) in [5.74, 6) is 1.64. The lowest BCUT2D eigenvalue weighted by molar-refractivity contribution is 0.398. The number of thiol groups is 1. The van der Waals surface area contributed by atoms with Crippen LogP contribution < -0.4 is 0 Å². The first-order valence-electron chi connectivity index (χ1n) is 10.0. The molecule has 0 saturated carbocycles. The summed E-state index contributed by atoms with van der Waals surface area (Å²) in [7, 11) is 0. The zero-order valence-electron chi connectivity index (χ0n) is 17.8. The van der Waals surface area contributed by atoms with Gasteiger partial charge in [-0.1, -0.05) is 48.5 Å². The van der Waals surface area contributed by atoms with E-state index >= 15 is 0 Å². The van der Waals surface area contributed by atoms with Gasteiger partial charge in [-0.15, -0.1) is 0 Å². The number of aromatic amines is 1. The number of rotatable bonds is 8. The molecule has 26 heavy (non-hydrogen) atoms. The maximum absolute atomic E-state index is 4.41. The van der Waals surface area contributed by atoms with Gasteiger partial charge >= 0.3 is 0 Å². The molecule has 0 atom stereocenters. The summed E-state index contributed by atoms with van der Waals surface area (Å²) in [5, 5.41) is 0. The Bertz CT molecular complexity index is 698. The zero-order chi connectivity index (χ0) is 19.5. The number of hydrogen-bond acceptors (Lipinski definition) is 1. The van der Waals surface area contributed by atoms with Crippen molar-refractivity contribution in [1.29, 1.82) is 0 Å². The SMILES string of the molecule is CC(C)CCc1ccc(C(C)(C)Cn2cc(CCS)cc2C(C)(C)C)[nH]1. The monoisotopic (exact) mass is 374 g/mol. The van der Waals surface area contributed by atoms with E-state index < -0.39 is 0 Å². The topological polar surface area (TPSA) is 20.7 Å². The summed E-state index contributed by atoms with van der Waals surface area (Å²) in [4.78, 5) is 3.69. The highest BCUT2D eigenvalue weighted by atomic mass is 32.1. The van der Waals surface area contributed by atoms with Crippen molar-refractivity contribution in [2.24, 2.45) is 5.92 Å². The lowest BCUT2D eigenvalue weighted by Gasteiger charge is -2.29. The fourth-order valence-electron chi connectivity index (χ4n) is 3.55. The summed E-state index contributed by atoms with van der Waals surface area (Å²) in [5.41, 5.74) is 5.71. The molecule has 0 spiro atoms. The molecule has 146 valence electrons. The Morgan fingerprint density at radius 2 is 1.77 bits per heavy atom. The van der Waals surface area contributed by atoms with E-state index in [1.807, 2.05) is 0 Å². The second-order valence-corrected chi connectivity index (χ2v) is 10.2. The van der Waals surface area contributed by atoms with Crippen molar-refractivity contribution in [1.82, 2.24) is 9.55 Å². The minimum absolute atomic E-state index is 0.0628. The quantitative estimate of drug-likeness (QED) is 0.517.